The molecule has 2 heterocycles. The maximum Gasteiger partial charge on any atom is 0.324 e. The fraction of sp³-hybridized carbons (Fsp3) is 0.207. The highest BCUT2D eigenvalue weighted by Gasteiger charge is 2.14. The van der Waals surface area contributed by atoms with Crippen LogP contribution in [0.25, 0.3) is 22.0 Å². The Morgan fingerprint density at radius 2 is 1.78 bits per heavy atom. The van der Waals surface area contributed by atoms with Gasteiger partial charge in [-0.3, -0.25) is 15.0 Å². The summed E-state index contributed by atoms with van der Waals surface area (Å²) < 4.78 is 7.06. The third-order valence-corrected chi connectivity index (χ3v) is 6.26. The number of nitrogens with zero attached hydrogens (tertiary/aromatic N) is 4. The van der Waals surface area contributed by atoms with Gasteiger partial charge in [-0.2, -0.15) is 5.10 Å². The molecule has 190 valence electrons. The summed E-state index contributed by atoms with van der Waals surface area (Å²) in [6.07, 6.45) is 7.35. The average Bonchev–Trinajstić information content (AvgIpc) is 3.29. The first-order chi connectivity index (χ1) is 17.8. The van der Waals surface area contributed by atoms with Crippen molar-refractivity contribution in [2.45, 2.75) is 13.8 Å². The minimum atomic E-state index is -0.355. The van der Waals surface area contributed by atoms with Crippen LogP contribution in [0.3, 0.4) is 0 Å². The van der Waals surface area contributed by atoms with Crippen molar-refractivity contribution >= 4 is 28.3 Å². The number of urea groups is 1. The molecule has 0 radical (unpaired) electrons. The van der Waals surface area contributed by atoms with Crippen molar-refractivity contribution < 1.29 is 9.53 Å². The second-order valence-electron chi connectivity index (χ2n) is 9.06. The second kappa shape index (κ2) is 11.0. The summed E-state index contributed by atoms with van der Waals surface area (Å²) in [5.41, 5.74) is 5.40. The normalized spacial score (nSPS) is 11.5. The van der Waals surface area contributed by atoms with Gasteiger partial charge < -0.3 is 15.0 Å². The van der Waals surface area contributed by atoms with Crippen molar-refractivity contribution in [1.82, 2.24) is 20.1 Å². The highest BCUT2D eigenvalue weighted by atomic mass is 16.5. The second-order valence-corrected chi connectivity index (χ2v) is 9.06. The molecule has 0 aliphatic heterocycles. The van der Waals surface area contributed by atoms with E-state index >= 15 is 0 Å². The smallest absolute Gasteiger partial charge is 0.324 e. The monoisotopic (exact) mass is 496 g/mol. The molecular formula is C29H32N6O2. The number of anilines is 2. The lowest BCUT2D eigenvalue weighted by atomic mass is 10.0. The van der Waals surface area contributed by atoms with Gasteiger partial charge in [0, 0.05) is 42.6 Å². The molecular weight excluding hydrogens is 464 g/mol. The fourth-order valence-corrected chi connectivity index (χ4v) is 3.81. The molecule has 0 bridgehead atoms. The maximum atomic E-state index is 13.0. The van der Waals surface area contributed by atoms with Crippen LogP contribution in [0.4, 0.5) is 16.2 Å². The van der Waals surface area contributed by atoms with Crippen LogP contribution < -0.4 is 20.3 Å². The molecule has 0 fully saturated rings. The molecule has 4 aromatic rings. The molecule has 0 aliphatic rings. The van der Waals surface area contributed by atoms with Gasteiger partial charge in [0.15, 0.2) is 0 Å². The van der Waals surface area contributed by atoms with Crippen LogP contribution in [0.2, 0.25) is 0 Å². The standard InChI is InChI=1S/C29H32N6O2/c1-19(2)20(3)15-28(34(4)23-11-13-24(37-6)14-12-23)33-29(36)32-22-9-7-21(8-10-22)25-16-30-18-27-26(25)17-31-35(27)5/h7-19H,3H2,1-2,4-6H3,(H2,32,33,36)/b28-15-. The van der Waals surface area contributed by atoms with Crippen LogP contribution in [0, 0.1) is 5.92 Å². The molecule has 0 spiro atoms. The number of aromatic nitrogens is 3. The van der Waals surface area contributed by atoms with Gasteiger partial charge in [-0.15, -0.1) is 0 Å². The predicted octanol–water partition coefficient (Wildman–Crippen LogP) is 5.96. The van der Waals surface area contributed by atoms with E-state index in [0.29, 0.717) is 11.5 Å². The van der Waals surface area contributed by atoms with E-state index in [1.807, 2.05) is 86.0 Å². The summed E-state index contributed by atoms with van der Waals surface area (Å²) in [5.74, 6) is 1.60. The lowest BCUT2D eigenvalue weighted by Gasteiger charge is -2.24. The zero-order valence-corrected chi connectivity index (χ0v) is 21.8. The van der Waals surface area contributed by atoms with Gasteiger partial charge in [0.1, 0.15) is 11.6 Å². The summed E-state index contributed by atoms with van der Waals surface area (Å²) in [5, 5.41) is 11.3. The van der Waals surface area contributed by atoms with Crippen LogP contribution in [0.1, 0.15) is 13.8 Å². The molecule has 0 aliphatic carbocycles. The van der Waals surface area contributed by atoms with Crippen LogP contribution >= 0.6 is 0 Å². The van der Waals surface area contributed by atoms with Gasteiger partial charge >= 0.3 is 6.03 Å². The Kier molecular flexibility index (Phi) is 7.57. The van der Waals surface area contributed by atoms with Crippen molar-refractivity contribution in [3.63, 3.8) is 0 Å². The minimum Gasteiger partial charge on any atom is -0.497 e. The predicted molar refractivity (Wildman–Crippen MR) is 150 cm³/mol. The molecule has 4 rings (SSSR count). The number of hydrogen-bond donors (Lipinski definition) is 2. The number of hydrogen-bond acceptors (Lipinski definition) is 5. The van der Waals surface area contributed by atoms with E-state index in [1.54, 1.807) is 18.0 Å². The lowest BCUT2D eigenvalue weighted by molar-refractivity contribution is 0.254. The number of fused-ring (bicyclic) bond motifs is 1. The van der Waals surface area contributed by atoms with E-state index in [0.717, 1.165) is 39.0 Å². The summed E-state index contributed by atoms with van der Waals surface area (Å²) in [4.78, 5) is 19.2. The summed E-state index contributed by atoms with van der Waals surface area (Å²) in [6.45, 7) is 8.27. The molecule has 2 aromatic carbocycles. The molecule has 0 saturated heterocycles. The van der Waals surface area contributed by atoms with E-state index in [2.05, 4.69) is 41.1 Å². The first kappa shape index (κ1) is 25.5. The summed E-state index contributed by atoms with van der Waals surface area (Å²) in [7, 11) is 5.42. The largest absolute Gasteiger partial charge is 0.497 e. The van der Waals surface area contributed by atoms with Gasteiger partial charge in [0.05, 0.1) is 25.0 Å². The third-order valence-electron chi connectivity index (χ3n) is 6.26. The Morgan fingerprint density at radius 1 is 1.08 bits per heavy atom. The number of aryl methyl sites for hydroxylation is 1. The van der Waals surface area contributed by atoms with Gasteiger partial charge in [0.25, 0.3) is 0 Å². The third kappa shape index (κ3) is 5.81. The Bertz CT molecular complexity index is 1440. The number of rotatable bonds is 8. The molecule has 2 amide bonds. The van der Waals surface area contributed by atoms with Gasteiger partial charge in [-0.1, -0.05) is 32.6 Å². The van der Waals surface area contributed by atoms with Crippen LogP contribution in [-0.2, 0) is 7.05 Å². The molecule has 8 heteroatoms. The van der Waals surface area contributed by atoms with Crippen molar-refractivity contribution in [3.8, 4) is 16.9 Å². The lowest BCUT2D eigenvalue weighted by Crippen LogP contribution is -2.36. The average molecular weight is 497 g/mol. The highest BCUT2D eigenvalue weighted by molar-refractivity contribution is 5.95. The Hall–Kier alpha value is -4.59. The molecule has 0 saturated carbocycles. The quantitative estimate of drug-likeness (QED) is 0.294. The molecule has 0 atom stereocenters. The number of amides is 2. The number of benzene rings is 2. The fourth-order valence-electron chi connectivity index (χ4n) is 3.81. The maximum absolute atomic E-state index is 13.0. The number of allylic oxidation sites excluding steroid dienone is 2. The SMILES string of the molecule is C=C(/C=C(/NC(=O)Nc1ccc(-c2cncc3c2cnn3C)cc1)N(C)c1ccc(OC)cc1)C(C)C. The van der Waals surface area contributed by atoms with E-state index in [1.165, 1.54) is 0 Å². The minimum absolute atomic E-state index is 0.232. The number of carbonyl (C=O) groups excluding carboxylic acids is 1. The number of pyridine rings is 1. The first-order valence-electron chi connectivity index (χ1n) is 12.0. The van der Waals surface area contributed by atoms with Crippen molar-refractivity contribution in [3.05, 3.63) is 91.2 Å². The molecule has 2 N–H and O–H groups in total. The molecule has 2 aromatic heterocycles. The first-order valence-corrected chi connectivity index (χ1v) is 12.0. The van der Waals surface area contributed by atoms with E-state index in [-0.39, 0.29) is 11.9 Å². The molecule has 8 nitrogen and oxygen atoms in total. The van der Waals surface area contributed by atoms with E-state index < -0.39 is 0 Å². The highest BCUT2D eigenvalue weighted by Crippen LogP contribution is 2.28. The van der Waals surface area contributed by atoms with Gasteiger partial charge in [-0.05, 0) is 59.5 Å². The Labute approximate surface area is 217 Å². The van der Waals surface area contributed by atoms with E-state index in [4.69, 9.17) is 4.74 Å². The Balaban J connectivity index is 1.51. The number of ether oxygens (including phenoxy) is 1. The summed E-state index contributed by atoms with van der Waals surface area (Å²) >= 11 is 0. The van der Waals surface area contributed by atoms with E-state index in [9.17, 15) is 4.79 Å². The van der Waals surface area contributed by atoms with Crippen LogP contribution in [0.5, 0.6) is 5.75 Å². The summed E-state index contributed by atoms with van der Waals surface area (Å²) in [6, 6.07) is 14.9. The van der Waals surface area contributed by atoms with Crippen molar-refractivity contribution in [2.75, 3.05) is 24.4 Å². The van der Waals surface area contributed by atoms with Crippen LogP contribution in [-0.4, -0.2) is 35.0 Å². The molecule has 37 heavy (non-hydrogen) atoms. The number of nitrogens with one attached hydrogen (secondary N) is 2. The Morgan fingerprint density at radius 3 is 2.43 bits per heavy atom. The zero-order valence-electron chi connectivity index (χ0n) is 21.8. The van der Waals surface area contributed by atoms with Gasteiger partial charge in [-0.25, -0.2) is 4.79 Å². The van der Waals surface area contributed by atoms with Crippen molar-refractivity contribution in [2.24, 2.45) is 13.0 Å². The van der Waals surface area contributed by atoms with Gasteiger partial charge in [0.2, 0.25) is 0 Å². The number of carbonyl (C=O) groups is 1. The molecule has 0 unspecified atom stereocenters. The van der Waals surface area contributed by atoms with Crippen LogP contribution in [0.15, 0.2) is 91.2 Å². The zero-order chi connectivity index (χ0) is 26.5. The number of methoxy groups -OCH3 is 1. The topological polar surface area (TPSA) is 84.3 Å². The van der Waals surface area contributed by atoms with Crippen molar-refractivity contribution in [1.29, 1.82) is 0 Å².